The van der Waals surface area contributed by atoms with Crippen molar-refractivity contribution in [1.82, 2.24) is 9.97 Å². The van der Waals surface area contributed by atoms with Gasteiger partial charge in [0.1, 0.15) is 5.69 Å². The maximum Gasteiger partial charge on any atom is 0.266 e. The Balaban J connectivity index is 3.16. The van der Waals surface area contributed by atoms with Crippen LogP contribution in [-0.2, 0) is 0 Å². The van der Waals surface area contributed by atoms with Gasteiger partial charge in [-0.3, -0.25) is 9.78 Å². The molecule has 0 saturated carbocycles. The average Bonchev–Trinajstić information content (AvgIpc) is 2.03. The zero-order valence-electron chi connectivity index (χ0n) is 5.48. The molecular formula is C5H6N4O2. The van der Waals surface area contributed by atoms with Crippen LogP contribution in [0.3, 0.4) is 0 Å². The SMILES string of the molecule is NC(=NO)c1cncc(=O)[nH]1. The van der Waals surface area contributed by atoms with Gasteiger partial charge in [0.25, 0.3) is 5.56 Å². The van der Waals surface area contributed by atoms with Gasteiger partial charge in [0.2, 0.25) is 0 Å². The number of aromatic amines is 1. The summed E-state index contributed by atoms with van der Waals surface area (Å²) in [5.41, 5.74) is 4.95. The second-order valence-corrected chi connectivity index (χ2v) is 1.80. The highest BCUT2D eigenvalue weighted by Crippen LogP contribution is 1.84. The standard InChI is InChI=1S/C5H6N4O2/c6-5(9-11)3-1-7-2-4(10)8-3/h1-2,11H,(H2,6,9)(H,8,10). The van der Waals surface area contributed by atoms with Crippen LogP contribution in [-0.4, -0.2) is 21.0 Å². The van der Waals surface area contributed by atoms with Crippen LogP contribution in [0.4, 0.5) is 0 Å². The Labute approximate surface area is 61.4 Å². The van der Waals surface area contributed by atoms with Crippen LogP contribution in [0.25, 0.3) is 0 Å². The molecule has 0 saturated heterocycles. The second kappa shape index (κ2) is 2.82. The largest absolute Gasteiger partial charge is 0.409 e. The van der Waals surface area contributed by atoms with E-state index in [1.165, 1.54) is 6.20 Å². The molecule has 0 aliphatic heterocycles. The van der Waals surface area contributed by atoms with Gasteiger partial charge in [-0.15, -0.1) is 0 Å². The van der Waals surface area contributed by atoms with E-state index < -0.39 is 5.56 Å². The van der Waals surface area contributed by atoms with Gasteiger partial charge in [0, 0.05) is 0 Å². The molecule has 0 bridgehead atoms. The van der Waals surface area contributed by atoms with Gasteiger partial charge in [-0.2, -0.15) is 0 Å². The van der Waals surface area contributed by atoms with E-state index in [1.807, 2.05) is 0 Å². The summed E-state index contributed by atoms with van der Waals surface area (Å²) < 4.78 is 0. The van der Waals surface area contributed by atoms with Crippen molar-refractivity contribution in [2.75, 3.05) is 0 Å². The molecule has 0 amide bonds. The van der Waals surface area contributed by atoms with Crippen molar-refractivity contribution in [1.29, 1.82) is 0 Å². The number of oxime groups is 1. The molecule has 0 radical (unpaired) electrons. The molecule has 4 N–H and O–H groups in total. The minimum absolute atomic E-state index is 0.171. The van der Waals surface area contributed by atoms with E-state index in [4.69, 9.17) is 10.9 Å². The van der Waals surface area contributed by atoms with Crippen LogP contribution in [0.5, 0.6) is 0 Å². The summed E-state index contributed by atoms with van der Waals surface area (Å²) in [6.07, 6.45) is 2.38. The van der Waals surface area contributed by atoms with Crippen molar-refractivity contribution in [3.05, 3.63) is 28.4 Å². The van der Waals surface area contributed by atoms with Crippen molar-refractivity contribution >= 4 is 5.84 Å². The maximum atomic E-state index is 10.6. The Kier molecular flexibility index (Phi) is 1.86. The van der Waals surface area contributed by atoms with Crippen LogP contribution in [0, 0.1) is 0 Å². The van der Waals surface area contributed by atoms with E-state index in [2.05, 4.69) is 15.1 Å². The molecule has 0 spiro atoms. The molecule has 6 heteroatoms. The number of hydrogen-bond acceptors (Lipinski definition) is 4. The first-order chi connectivity index (χ1) is 5.24. The topological polar surface area (TPSA) is 104 Å². The van der Waals surface area contributed by atoms with Crippen LogP contribution in [0.1, 0.15) is 5.69 Å². The summed E-state index contributed by atoms with van der Waals surface area (Å²) in [6, 6.07) is 0. The molecule has 1 rings (SSSR count). The minimum atomic E-state index is -0.394. The molecule has 1 heterocycles. The van der Waals surface area contributed by atoms with E-state index in [0.29, 0.717) is 0 Å². The number of amidine groups is 1. The maximum absolute atomic E-state index is 10.6. The van der Waals surface area contributed by atoms with Gasteiger partial charge in [0.05, 0.1) is 12.4 Å². The molecule has 11 heavy (non-hydrogen) atoms. The normalized spacial score (nSPS) is 11.5. The Morgan fingerprint density at radius 1 is 1.73 bits per heavy atom. The Bertz CT molecular complexity index is 329. The van der Waals surface area contributed by atoms with Crippen LogP contribution >= 0.6 is 0 Å². The van der Waals surface area contributed by atoms with Crippen LogP contribution < -0.4 is 11.3 Å². The lowest BCUT2D eigenvalue weighted by Crippen LogP contribution is -2.19. The van der Waals surface area contributed by atoms with E-state index in [9.17, 15) is 4.79 Å². The predicted molar refractivity (Wildman–Crippen MR) is 37.4 cm³/mol. The van der Waals surface area contributed by atoms with Gasteiger partial charge < -0.3 is 15.9 Å². The fourth-order valence-electron chi connectivity index (χ4n) is 0.561. The van der Waals surface area contributed by atoms with Crippen molar-refractivity contribution < 1.29 is 5.21 Å². The third kappa shape index (κ3) is 1.54. The summed E-state index contributed by atoms with van der Waals surface area (Å²) >= 11 is 0. The molecule has 1 aromatic rings. The summed E-state index contributed by atoms with van der Waals surface area (Å²) in [4.78, 5) is 16.5. The van der Waals surface area contributed by atoms with Crippen LogP contribution in [0.2, 0.25) is 0 Å². The predicted octanol–water partition coefficient (Wildman–Crippen LogP) is -1.14. The first-order valence-electron chi connectivity index (χ1n) is 2.76. The lowest BCUT2D eigenvalue weighted by atomic mass is 10.4. The minimum Gasteiger partial charge on any atom is -0.409 e. The number of hydrogen-bond donors (Lipinski definition) is 3. The van der Waals surface area contributed by atoms with Crippen molar-refractivity contribution in [3.63, 3.8) is 0 Å². The molecular weight excluding hydrogens is 148 g/mol. The number of nitrogens with zero attached hydrogens (tertiary/aromatic N) is 2. The third-order valence-corrected chi connectivity index (χ3v) is 1.04. The highest BCUT2D eigenvalue weighted by Gasteiger charge is 1.97. The lowest BCUT2D eigenvalue weighted by molar-refractivity contribution is 0.318. The van der Waals surface area contributed by atoms with Gasteiger partial charge in [-0.05, 0) is 0 Å². The van der Waals surface area contributed by atoms with Gasteiger partial charge in [-0.1, -0.05) is 5.16 Å². The number of nitrogens with two attached hydrogens (primary N) is 1. The first-order valence-corrected chi connectivity index (χ1v) is 2.76. The molecule has 0 aliphatic carbocycles. The van der Waals surface area contributed by atoms with Crippen molar-refractivity contribution in [2.45, 2.75) is 0 Å². The summed E-state index contributed by atoms with van der Waals surface area (Å²) in [5.74, 6) is -0.171. The first kappa shape index (κ1) is 7.26. The average molecular weight is 154 g/mol. The van der Waals surface area contributed by atoms with Crippen molar-refractivity contribution in [3.8, 4) is 0 Å². The molecule has 6 nitrogen and oxygen atoms in total. The molecule has 0 atom stereocenters. The monoisotopic (exact) mass is 154 g/mol. The number of rotatable bonds is 1. The number of nitrogens with one attached hydrogen (secondary N) is 1. The van der Waals surface area contributed by atoms with E-state index in [-0.39, 0.29) is 11.5 Å². The highest BCUT2D eigenvalue weighted by atomic mass is 16.4. The van der Waals surface area contributed by atoms with E-state index in [1.54, 1.807) is 0 Å². The summed E-state index contributed by atoms with van der Waals surface area (Å²) in [6.45, 7) is 0. The summed E-state index contributed by atoms with van der Waals surface area (Å²) in [7, 11) is 0. The second-order valence-electron chi connectivity index (χ2n) is 1.80. The van der Waals surface area contributed by atoms with Crippen molar-refractivity contribution in [2.24, 2.45) is 10.9 Å². The third-order valence-electron chi connectivity index (χ3n) is 1.04. The fraction of sp³-hybridized carbons (Fsp3) is 0. The summed E-state index contributed by atoms with van der Waals surface area (Å²) in [5, 5.41) is 10.9. The smallest absolute Gasteiger partial charge is 0.266 e. The fourth-order valence-corrected chi connectivity index (χ4v) is 0.561. The number of aromatic nitrogens is 2. The molecule has 0 aliphatic rings. The highest BCUT2D eigenvalue weighted by molar-refractivity contribution is 5.94. The molecule has 58 valence electrons. The zero-order chi connectivity index (χ0) is 8.27. The Morgan fingerprint density at radius 2 is 2.45 bits per heavy atom. The molecule has 0 aromatic carbocycles. The van der Waals surface area contributed by atoms with E-state index >= 15 is 0 Å². The van der Waals surface area contributed by atoms with Crippen LogP contribution in [0.15, 0.2) is 22.3 Å². The number of H-pyrrole nitrogens is 1. The van der Waals surface area contributed by atoms with Gasteiger partial charge in [-0.25, -0.2) is 0 Å². The Morgan fingerprint density at radius 3 is 3.00 bits per heavy atom. The molecule has 0 fully saturated rings. The quantitative estimate of drug-likeness (QED) is 0.206. The Hall–Kier alpha value is -1.85. The molecule has 0 unspecified atom stereocenters. The van der Waals surface area contributed by atoms with E-state index in [0.717, 1.165) is 6.20 Å². The van der Waals surface area contributed by atoms with Gasteiger partial charge >= 0.3 is 0 Å². The lowest BCUT2D eigenvalue weighted by Gasteiger charge is -1.94. The van der Waals surface area contributed by atoms with Gasteiger partial charge in [0.15, 0.2) is 5.84 Å². The zero-order valence-corrected chi connectivity index (χ0v) is 5.48. The molecule has 1 aromatic heterocycles.